The fourth-order valence-electron chi connectivity index (χ4n) is 5.82. The van der Waals surface area contributed by atoms with Crippen LogP contribution in [0.15, 0.2) is 0 Å². The summed E-state index contributed by atoms with van der Waals surface area (Å²) in [6, 6.07) is -1.19. The minimum Gasteiger partial charge on any atom is -0.444 e. The van der Waals surface area contributed by atoms with Crippen molar-refractivity contribution in [2.45, 2.75) is 99.3 Å². The number of amides is 2. The molecule has 12 nitrogen and oxygen atoms in total. The number of alkyl halides is 2. The molecule has 4 aliphatic rings. The molecule has 4 fully saturated rings. The molecule has 4 rings (SSSR count). The molecule has 4 heterocycles. The highest BCUT2D eigenvalue weighted by molar-refractivity contribution is 6.22. The quantitative estimate of drug-likeness (QED) is 0.295. The van der Waals surface area contributed by atoms with Gasteiger partial charge in [0.15, 0.2) is 0 Å². The van der Waals surface area contributed by atoms with Gasteiger partial charge in [0.1, 0.15) is 37.0 Å². The van der Waals surface area contributed by atoms with Crippen LogP contribution in [0, 0.1) is 5.92 Å². The van der Waals surface area contributed by atoms with Crippen molar-refractivity contribution in [3.8, 4) is 0 Å². The van der Waals surface area contributed by atoms with Crippen LogP contribution in [0.2, 0.25) is 0 Å². The number of rotatable bonds is 8. The molecule has 2 amide bonds. The van der Waals surface area contributed by atoms with Gasteiger partial charge in [-0.3, -0.25) is 4.79 Å². The fraction of sp³-hybridized carbons (Fsp3) is 0.926. The van der Waals surface area contributed by atoms with Crippen molar-refractivity contribution >= 4 is 47.6 Å². The summed E-state index contributed by atoms with van der Waals surface area (Å²) < 4.78 is 38.5. The van der Waals surface area contributed by atoms with Crippen LogP contribution in [0.4, 0.5) is 4.79 Å². The molecule has 0 aromatic carbocycles. The number of hydrogen-bond acceptors (Lipinski definition) is 10. The zero-order valence-corrected chi connectivity index (χ0v) is 28.3. The van der Waals surface area contributed by atoms with Gasteiger partial charge in [0.2, 0.25) is 17.5 Å². The Morgan fingerprint density at radius 2 is 1.52 bits per heavy atom. The highest BCUT2D eigenvalue weighted by Crippen LogP contribution is 2.41. The molecule has 4 saturated heterocycles. The maximum absolute atomic E-state index is 13.4. The maximum atomic E-state index is 13.4. The Balaban J connectivity index is 0.000000366. The summed E-state index contributed by atoms with van der Waals surface area (Å²) in [5, 5.41) is 5.60. The van der Waals surface area contributed by atoms with Crippen LogP contribution in [0.25, 0.3) is 0 Å². The molecule has 4 aliphatic heterocycles. The Labute approximate surface area is 265 Å². The number of carbonyl (C=O) groups is 2. The molecule has 0 spiro atoms. The molecule has 7 atom stereocenters. The second kappa shape index (κ2) is 15.1. The van der Waals surface area contributed by atoms with Crippen molar-refractivity contribution in [3.05, 3.63) is 0 Å². The molecule has 246 valence electrons. The number of likely N-dealkylation sites (tertiary alicyclic amines) is 1. The van der Waals surface area contributed by atoms with E-state index >= 15 is 0 Å². The highest BCUT2D eigenvalue weighted by atomic mass is 35.5. The summed E-state index contributed by atoms with van der Waals surface area (Å²) in [7, 11) is 6.28. The average molecular weight is 665 g/mol. The first-order valence-electron chi connectivity index (χ1n) is 13.9. The first-order chi connectivity index (χ1) is 19.2. The van der Waals surface area contributed by atoms with Gasteiger partial charge in [-0.25, -0.2) is 4.79 Å². The lowest BCUT2D eigenvalue weighted by Gasteiger charge is -2.37. The first-order valence-corrected chi connectivity index (χ1v) is 14.8. The SMILES string of the molecule is COC1(OC)CO[C@@H]2[C@H](Cl)CN(C(=O)[C@H](CC(C)C)NC(=O)OC(C)(C)C)[C@@H]21.COC1(OC)CO[C@@H]2[C@H](Cl)CN[C@@H]21.Cl. The van der Waals surface area contributed by atoms with E-state index in [1.165, 1.54) is 14.2 Å². The smallest absolute Gasteiger partial charge is 0.408 e. The van der Waals surface area contributed by atoms with E-state index in [1.807, 2.05) is 13.8 Å². The second-order valence-corrected chi connectivity index (χ2v) is 13.3. The molecule has 0 saturated carbocycles. The molecule has 0 bridgehead atoms. The Kier molecular flexibility index (Phi) is 13.5. The summed E-state index contributed by atoms with van der Waals surface area (Å²) in [5.74, 6) is -1.81. The molecule has 0 aromatic heterocycles. The van der Waals surface area contributed by atoms with E-state index in [0.29, 0.717) is 13.0 Å². The van der Waals surface area contributed by atoms with Gasteiger partial charge in [-0.1, -0.05) is 13.8 Å². The molecule has 0 aromatic rings. The van der Waals surface area contributed by atoms with Crippen LogP contribution in [0.5, 0.6) is 0 Å². The summed E-state index contributed by atoms with van der Waals surface area (Å²) in [6.07, 6.45) is -0.558. The normalized spacial score (nSPS) is 31.5. The van der Waals surface area contributed by atoms with Gasteiger partial charge < -0.3 is 48.7 Å². The van der Waals surface area contributed by atoms with E-state index in [1.54, 1.807) is 39.9 Å². The molecule has 0 radical (unpaired) electrons. The van der Waals surface area contributed by atoms with Gasteiger partial charge in [-0.05, 0) is 33.1 Å². The highest BCUT2D eigenvalue weighted by Gasteiger charge is 2.62. The topological polar surface area (TPSA) is 126 Å². The molecule has 15 heteroatoms. The van der Waals surface area contributed by atoms with Crippen molar-refractivity contribution in [3.63, 3.8) is 0 Å². The van der Waals surface area contributed by atoms with Gasteiger partial charge in [-0.2, -0.15) is 0 Å². The van der Waals surface area contributed by atoms with Gasteiger partial charge >= 0.3 is 6.09 Å². The van der Waals surface area contributed by atoms with Crippen LogP contribution in [0.3, 0.4) is 0 Å². The van der Waals surface area contributed by atoms with Crippen LogP contribution >= 0.6 is 35.6 Å². The molecule has 0 aliphatic carbocycles. The van der Waals surface area contributed by atoms with Gasteiger partial charge in [0.05, 0.1) is 22.9 Å². The van der Waals surface area contributed by atoms with Gasteiger partial charge in [0.25, 0.3) is 0 Å². The van der Waals surface area contributed by atoms with E-state index in [-0.39, 0.29) is 60.3 Å². The first kappa shape index (κ1) is 37.5. The van der Waals surface area contributed by atoms with E-state index in [0.717, 1.165) is 6.54 Å². The zero-order chi connectivity index (χ0) is 30.8. The number of carbonyl (C=O) groups excluding carboxylic acids is 2. The molecular weight excluding hydrogens is 617 g/mol. The van der Waals surface area contributed by atoms with Crippen molar-refractivity contribution in [1.82, 2.24) is 15.5 Å². The number of halogens is 3. The number of ether oxygens (including phenoxy) is 7. The predicted molar refractivity (Wildman–Crippen MR) is 159 cm³/mol. The predicted octanol–water partition coefficient (Wildman–Crippen LogP) is 2.51. The van der Waals surface area contributed by atoms with Crippen LogP contribution in [-0.2, 0) is 38.0 Å². The van der Waals surface area contributed by atoms with Gasteiger partial charge in [0, 0.05) is 41.5 Å². The summed E-state index contributed by atoms with van der Waals surface area (Å²) in [5.41, 5.74) is -0.657. The summed E-state index contributed by atoms with van der Waals surface area (Å²) in [4.78, 5) is 27.3. The van der Waals surface area contributed by atoms with Crippen molar-refractivity contribution in [2.24, 2.45) is 5.92 Å². The number of methoxy groups -OCH3 is 4. The third kappa shape index (κ3) is 7.94. The largest absolute Gasteiger partial charge is 0.444 e. The standard InChI is InChI=1S/C19H33ClN2O6.C8H14ClNO3.ClH/c1-11(2)8-13(21-17(24)28-18(3,4)5)16(23)22-9-12(20)14-15(22)19(25-6,26-7)10-27-14;1-11-8(12-2)4-13-6-5(9)3-10-7(6)8;/h11-15H,8-10H2,1-7H3,(H,21,24);5-7,10H,3-4H2,1-2H3;1H/t12-,13+,14-,15+;5-,6-,7+;/m11./s1. The minimum atomic E-state index is -1.09. The van der Waals surface area contributed by atoms with Crippen molar-refractivity contribution in [2.75, 3.05) is 54.7 Å². The molecule has 0 unspecified atom stereocenters. The van der Waals surface area contributed by atoms with Gasteiger partial charge in [-0.15, -0.1) is 35.6 Å². The number of alkyl carbamates (subject to hydrolysis) is 1. The summed E-state index contributed by atoms with van der Waals surface area (Å²) in [6.45, 7) is 10.9. The van der Waals surface area contributed by atoms with Crippen LogP contribution < -0.4 is 10.6 Å². The Bertz CT molecular complexity index is 902. The Morgan fingerprint density at radius 1 is 0.976 bits per heavy atom. The van der Waals surface area contributed by atoms with Crippen molar-refractivity contribution < 1.29 is 42.7 Å². The summed E-state index contributed by atoms with van der Waals surface area (Å²) >= 11 is 12.5. The van der Waals surface area contributed by atoms with Crippen molar-refractivity contribution in [1.29, 1.82) is 0 Å². The molecular formula is C27H48Cl3N3O9. The van der Waals surface area contributed by atoms with E-state index < -0.39 is 41.5 Å². The Hall–Kier alpha value is -0.670. The maximum Gasteiger partial charge on any atom is 0.408 e. The minimum absolute atomic E-state index is 0. The van der Waals surface area contributed by atoms with Crippen LogP contribution in [0.1, 0.15) is 41.0 Å². The van der Waals surface area contributed by atoms with E-state index in [9.17, 15) is 9.59 Å². The third-order valence-corrected chi connectivity index (χ3v) is 8.62. The lowest BCUT2D eigenvalue weighted by Crippen LogP contribution is -2.59. The third-order valence-electron chi connectivity index (χ3n) is 7.83. The fourth-order valence-corrected chi connectivity index (χ4v) is 6.49. The number of fused-ring (bicyclic) bond motifs is 2. The lowest BCUT2D eigenvalue weighted by atomic mass is 10.0. The lowest BCUT2D eigenvalue weighted by molar-refractivity contribution is -0.227. The molecule has 2 N–H and O–H groups in total. The Morgan fingerprint density at radius 3 is 2.05 bits per heavy atom. The number of nitrogens with zero attached hydrogens (tertiary/aromatic N) is 1. The van der Waals surface area contributed by atoms with Crippen LogP contribution in [-0.4, -0.2) is 130 Å². The second-order valence-electron chi connectivity index (χ2n) is 12.2. The van der Waals surface area contributed by atoms with E-state index in [2.05, 4.69) is 10.6 Å². The zero-order valence-electron chi connectivity index (χ0n) is 25.9. The molecule has 42 heavy (non-hydrogen) atoms. The number of hydrogen-bond donors (Lipinski definition) is 2. The monoisotopic (exact) mass is 663 g/mol. The van der Waals surface area contributed by atoms with E-state index in [4.69, 9.17) is 56.4 Å². The average Bonchev–Trinajstić information content (AvgIpc) is 3.65. The number of nitrogens with one attached hydrogen (secondary N) is 2.